The van der Waals surface area contributed by atoms with E-state index in [0.29, 0.717) is 29.1 Å². The molecule has 3 aromatic carbocycles. The van der Waals surface area contributed by atoms with E-state index in [9.17, 15) is 13.6 Å². The molecule has 4 aromatic rings. The first-order valence-electron chi connectivity index (χ1n) is 10.9. The first kappa shape index (κ1) is 21.2. The van der Waals surface area contributed by atoms with Crippen LogP contribution in [0.15, 0.2) is 69.9 Å². The van der Waals surface area contributed by atoms with Crippen LogP contribution in [0, 0.1) is 11.6 Å². The minimum absolute atomic E-state index is 0.221. The Hall–Kier alpha value is -3.67. The molecule has 0 radical (unpaired) electrons. The van der Waals surface area contributed by atoms with Crippen LogP contribution < -0.4 is 15.1 Å². The molecular formula is C27H22F2O4. The maximum atomic E-state index is 13.3. The van der Waals surface area contributed by atoms with E-state index in [1.807, 2.05) is 0 Å². The molecule has 33 heavy (non-hydrogen) atoms. The quantitative estimate of drug-likeness (QED) is 0.334. The Bertz CT molecular complexity index is 1340. The van der Waals surface area contributed by atoms with Crippen molar-refractivity contribution in [1.82, 2.24) is 0 Å². The Balaban J connectivity index is 1.52. The third-order valence-corrected chi connectivity index (χ3v) is 5.88. The van der Waals surface area contributed by atoms with Gasteiger partial charge in [0.2, 0.25) is 0 Å². The van der Waals surface area contributed by atoms with Gasteiger partial charge in [-0.2, -0.15) is 0 Å². The molecule has 0 saturated heterocycles. The normalized spacial score (nSPS) is 13.0. The van der Waals surface area contributed by atoms with Crippen molar-refractivity contribution in [3.63, 3.8) is 0 Å². The van der Waals surface area contributed by atoms with E-state index in [-0.39, 0.29) is 30.5 Å². The zero-order valence-corrected chi connectivity index (χ0v) is 17.9. The lowest BCUT2D eigenvalue weighted by Crippen LogP contribution is -2.16. The molecule has 1 heterocycles. The monoisotopic (exact) mass is 448 g/mol. The maximum Gasteiger partial charge on any atom is 0.339 e. The standard InChI is InChI=1S/C27H22F2O4/c28-19-9-5-17(6-10-19)15-31-21-13-24(32-16-18-7-11-20(29)12-8-18)26-22-3-1-2-4-23(22)27(30)33-25(26)14-21/h5-14H,1-4,15-16H2. The second kappa shape index (κ2) is 9.06. The van der Waals surface area contributed by atoms with Crippen molar-refractivity contribution in [1.29, 1.82) is 0 Å². The fraction of sp³-hybridized carbons (Fsp3) is 0.222. The van der Waals surface area contributed by atoms with Crippen LogP contribution in [0.2, 0.25) is 0 Å². The summed E-state index contributed by atoms with van der Waals surface area (Å²) in [5.41, 5.74) is 3.38. The van der Waals surface area contributed by atoms with Gasteiger partial charge in [-0.1, -0.05) is 24.3 Å². The second-order valence-electron chi connectivity index (χ2n) is 8.18. The first-order chi connectivity index (χ1) is 16.1. The summed E-state index contributed by atoms with van der Waals surface area (Å²) < 4.78 is 44.2. The minimum Gasteiger partial charge on any atom is -0.489 e. The lowest BCUT2D eigenvalue weighted by Gasteiger charge is -2.19. The van der Waals surface area contributed by atoms with Crippen LogP contribution >= 0.6 is 0 Å². The van der Waals surface area contributed by atoms with Gasteiger partial charge in [-0.05, 0) is 66.6 Å². The molecule has 0 fully saturated rings. The minimum atomic E-state index is -0.322. The zero-order chi connectivity index (χ0) is 22.8. The predicted octanol–water partition coefficient (Wildman–Crippen LogP) is 6.11. The molecule has 0 bridgehead atoms. The van der Waals surface area contributed by atoms with E-state index in [1.165, 1.54) is 24.3 Å². The van der Waals surface area contributed by atoms with Crippen LogP contribution in [0.25, 0.3) is 11.0 Å². The number of fused-ring (bicyclic) bond motifs is 3. The van der Waals surface area contributed by atoms with Gasteiger partial charge in [-0.25, -0.2) is 13.6 Å². The Morgan fingerprint density at radius 2 is 1.33 bits per heavy atom. The highest BCUT2D eigenvalue weighted by Crippen LogP contribution is 2.37. The van der Waals surface area contributed by atoms with Crippen molar-refractivity contribution in [2.45, 2.75) is 38.9 Å². The highest BCUT2D eigenvalue weighted by atomic mass is 19.1. The first-order valence-corrected chi connectivity index (χ1v) is 10.9. The van der Waals surface area contributed by atoms with Gasteiger partial charge < -0.3 is 13.9 Å². The molecule has 0 spiro atoms. The van der Waals surface area contributed by atoms with Crippen LogP contribution in [0.1, 0.15) is 35.1 Å². The van der Waals surface area contributed by atoms with Crippen LogP contribution in [0.3, 0.4) is 0 Å². The summed E-state index contributed by atoms with van der Waals surface area (Å²) in [6.07, 6.45) is 3.41. The van der Waals surface area contributed by atoms with Crippen LogP contribution in [0.5, 0.6) is 11.5 Å². The van der Waals surface area contributed by atoms with Gasteiger partial charge in [0.25, 0.3) is 0 Å². The molecule has 0 amide bonds. The molecule has 0 saturated carbocycles. The number of hydrogen-bond donors (Lipinski definition) is 0. The molecule has 1 aromatic heterocycles. The van der Waals surface area contributed by atoms with Gasteiger partial charge in [-0.3, -0.25) is 0 Å². The Labute approximate surface area is 189 Å². The Morgan fingerprint density at radius 3 is 1.97 bits per heavy atom. The maximum absolute atomic E-state index is 13.3. The van der Waals surface area contributed by atoms with Crippen molar-refractivity contribution in [2.75, 3.05) is 0 Å². The van der Waals surface area contributed by atoms with Crippen molar-refractivity contribution in [3.8, 4) is 11.5 Å². The van der Waals surface area contributed by atoms with Gasteiger partial charge >= 0.3 is 5.63 Å². The average molecular weight is 448 g/mol. The third kappa shape index (κ3) is 4.60. The van der Waals surface area contributed by atoms with Crippen molar-refractivity contribution < 1.29 is 22.7 Å². The van der Waals surface area contributed by atoms with E-state index in [1.54, 1.807) is 36.4 Å². The number of hydrogen-bond acceptors (Lipinski definition) is 4. The van der Waals surface area contributed by atoms with Crippen LogP contribution in [0.4, 0.5) is 8.78 Å². The van der Waals surface area contributed by atoms with Gasteiger partial charge in [-0.15, -0.1) is 0 Å². The molecule has 0 unspecified atom stereocenters. The SMILES string of the molecule is O=c1oc2cc(OCc3ccc(F)cc3)cc(OCc3ccc(F)cc3)c2c2c1CCCC2. The van der Waals surface area contributed by atoms with E-state index < -0.39 is 0 Å². The molecule has 0 aliphatic heterocycles. The second-order valence-corrected chi connectivity index (χ2v) is 8.18. The Kier molecular flexibility index (Phi) is 5.82. The summed E-state index contributed by atoms with van der Waals surface area (Å²) in [6, 6.07) is 15.6. The predicted molar refractivity (Wildman–Crippen MR) is 121 cm³/mol. The molecule has 5 rings (SSSR count). The van der Waals surface area contributed by atoms with Crippen LogP contribution in [-0.2, 0) is 26.1 Å². The molecule has 0 N–H and O–H groups in total. The van der Waals surface area contributed by atoms with Gasteiger partial charge in [0.1, 0.15) is 41.9 Å². The number of ether oxygens (including phenoxy) is 2. The number of halogens is 2. The number of benzene rings is 3. The summed E-state index contributed by atoms with van der Waals surface area (Å²) in [5.74, 6) is 0.399. The molecule has 1 aliphatic rings. The van der Waals surface area contributed by atoms with E-state index >= 15 is 0 Å². The summed E-state index contributed by atoms with van der Waals surface area (Å²) in [4.78, 5) is 12.6. The number of aryl methyl sites for hydroxylation is 1. The molecule has 6 heteroatoms. The van der Waals surface area contributed by atoms with E-state index in [2.05, 4.69) is 0 Å². The summed E-state index contributed by atoms with van der Waals surface area (Å²) in [5, 5.41) is 0.778. The van der Waals surface area contributed by atoms with Crippen molar-refractivity contribution in [3.05, 3.63) is 105 Å². The third-order valence-electron chi connectivity index (χ3n) is 5.88. The summed E-state index contributed by atoms with van der Waals surface area (Å²) in [6.45, 7) is 0.447. The highest BCUT2D eigenvalue weighted by molar-refractivity contribution is 5.89. The topological polar surface area (TPSA) is 48.7 Å². The van der Waals surface area contributed by atoms with E-state index in [4.69, 9.17) is 13.9 Å². The zero-order valence-electron chi connectivity index (χ0n) is 17.9. The molecule has 168 valence electrons. The summed E-state index contributed by atoms with van der Waals surface area (Å²) in [7, 11) is 0. The highest BCUT2D eigenvalue weighted by Gasteiger charge is 2.22. The fourth-order valence-corrected chi connectivity index (χ4v) is 4.20. The molecule has 0 atom stereocenters. The smallest absolute Gasteiger partial charge is 0.339 e. The number of rotatable bonds is 6. The lowest BCUT2D eigenvalue weighted by atomic mass is 9.90. The average Bonchev–Trinajstić information content (AvgIpc) is 2.83. The van der Waals surface area contributed by atoms with Crippen LogP contribution in [-0.4, -0.2) is 0 Å². The largest absolute Gasteiger partial charge is 0.489 e. The fourth-order valence-electron chi connectivity index (χ4n) is 4.20. The molecular weight excluding hydrogens is 426 g/mol. The van der Waals surface area contributed by atoms with E-state index in [0.717, 1.165) is 41.3 Å². The lowest BCUT2D eigenvalue weighted by molar-refractivity contribution is 0.291. The van der Waals surface area contributed by atoms with Gasteiger partial charge in [0, 0.05) is 17.7 Å². The van der Waals surface area contributed by atoms with Crippen molar-refractivity contribution >= 4 is 11.0 Å². The molecule has 4 nitrogen and oxygen atoms in total. The Morgan fingerprint density at radius 1 is 0.758 bits per heavy atom. The summed E-state index contributed by atoms with van der Waals surface area (Å²) >= 11 is 0. The van der Waals surface area contributed by atoms with Gasteiger partial charge in [0.05, 0.1) is 5.39 Å². The molecule has 1 aliphatic carbocycles. The van der Waals surface area contributed by atoms with Gasteiger partial charge in [0.15, 0.2) is 0 Å². The van der Waals surface area contributed by atoms with Crippen molar-refractivity contribution in [2.24, 2.45) is 0 Å².